The van der Waals surface area contributed by atoms with Crippen molar-refractivity contribution in [2.45, 2.75) is 32.1 Å². The lowest BCUT2D eigenvalue weighted by Gasteiger charge is -2.21. The van der Waals surface area contributed by atoms with E-state index >= 15 is 0 Å². The fourth-order valence-electron chi connectivity index (χ4n) is 1.48. The topological polar surface area (TPSA) is 101 Å². The first-order chi connectivity index (χ1) is 9.73. The van der Waals surface area contributed by atoms with Gasteiger partial charge >= 0.3 is 0 Å². The van der Waals surface area contributed by atoms with Crippen LogP contribution in [0, 0.1) is 5.41 Å². The lowest BCUT2D eigenvalue weighted by molar-refractivity contribution is -0.124. The van der Waals surface area contributed by atoms with Crippen LogP contribution in [0.1, 0.15) is 27.2 Å². The lowest BCUT2D eigenvalue weighted by Crippen LogP contribution is -2.30. The number of nitrogens with two attached hydrogens (primary N) is 1. The van der Waals surface area contributed by atoms with Crippen molar-refractivity contribution in [3.8, 4) is 0 Å². The van der Waals surface area contributed by atoms with E-state index in [-0.39, 0.29) is 23.9 Å². The first-order valence-electron chi connectivity index (χ1n) is 6.84. The van der Waals surface area contributed by atoms with Gasteiger partial charge in [-0.25, -0.2) is 13.1 Å². The summed E-state index contributed by atoms with van der Waals surface area (Å²) in [6.07, 6.45) is 0.689. The molecule has 118 valence electrons. The van der Waals surface area contributed by atoms with E-state index in [2.05, 4.69) is 10.0 Å². The third-order valence-corrected chi connectivity index (χ3v) is 4.80. The number of hydrogen-bond donors (Lipinski definition) is 3. The highest BCUT2D eigenvalue weighted by Gasteiger charge is 2.25. The van der Waals surface area contributed by atoms with Gasteiger partial charge in [0.05, 0.1) is 4.90 Å². The van der Waals surface area contributed by atoms with Crippen molar-refractivity contribution in [3.63, 3.8) is 0 Å². The van der Waals surface area contributed by atoms with Crippen molar-refractivity contribution >= 4 is 21.6 Å². The van der Waals surface area contributed by atoms with Gasteiger partial charge in [0.1, 0.15) is 0 Å². The molecule has 0 fully saturated rings. The molecule has 0 spiro atoms. The number of sulfonamides is 1. The average molecular weight is 313 g/mol. The third kappa shape index (κ3) is 4.80. The summed E-state index contributed by atoms with van der Waals surface area (Å²) in [5, 5.41) is 2.75. The molecule has 0 saturated heterocycles. The van der Waals surface area contributed by atoms with E-state index < -0.39 is 15.4 Å². The Balaban J connectivity index is 2.94. The minimum absolute atomic E-state index is 0.100. The highest BCUT2D eigenvalue weighted by atomic mass is 32.2. The number of anilines is 1. The van der Waals surface area contributed by atoms with Gasteiger partial charge in [-0.05, 0) is 24.6 Å². The SMILES string of the molecule is CCC(C)(C)C(=O)Nc1cccc(S(=O)(=O)NCCN)c1. The van der Waals surface area contributed by atoms with Crippen LogP contribution in [0.2, 0.25) is 0 Å². The van der Waals surface area contributed by atoms with E-state index in [9.17, 15) is 13.2 Å². The Labute approximate surface area is 126 Å². The largest absolute Gasteiger partial charge is 0.329 e. The van der Waals surface area contributed by atoms with Crippen molar-refractivity contribution in [2.75, 3.05) is 18.4 Å². The Morgan fingerprint density at radius 3 is 2.57 bits per heavy atom. The summed E-state index contributed by atoms with van der Waals surface area (Å²) in [5.74, 6) is -0.144. The molecule has 0 aromatic heterocycles. The van der Waals surface area contributed by atoms with Crippen molar-refractivity contribution in [1.29, 1.82) is 0 Å². The molecule has 0 bridgehead atoms. The van der Waals surface area contributed by atoms with Crippen LogP contribution in [0.5, 0.6) is 0 Å². The zero-order chi connectivity index (χ0) is 16.1. The van der Waals surface area contributed by atoms with Crippen molar-refractivity contribution in [3.05, 3.63) is 24.3 Å². The Morgan fingerprint density at radius 2 is 2.00 bits per heavy atom. The van der Waals surface area contributed by atoms with Crippen molar-refractivity contribution in [1.82, 2.24) is 4.72 Å². The molecule has 0 aliphatic heterocycles. The molecule has 0 unspecified atom stereocenters. The molecule has 0 saturated carbocycles. The Bertz CT molecular complexity index is 597. The van der Waals surface area contributed by atoms with Crippen LogP contribution in [-0.2, 0) is 14.8 Å². The van der Waals surface area contributed by atoms with Crippen molar-refractivity contribution in [2.24, 2.45) is 11.1 Å². The fraction of sp³-hybridized carbons (Fsp3) is 0.500. The maximum Gasteiger partial charge on any atom is 0.240 e. The van der Waals surface area contributed by atoms with E-state index in [1.165, 1.54) is 12.1 Å². The first kappa shape index (κ1) is 17.6. The van der Waals surface area contributed by atoms with Gasteiger partial charge in [-0.1, -0.05) is 26.8 Å². The summed E-state index contributed by atoms with van der Waals surface area (Å²) in [6, 6.07) is 6.15. The molecule has 1 amide bonds. The van der Waals surface area contributed by atoms with Crippen LogP contribution in [0.4, 0.5) is 5.69 Å². The summed E-state index contributed by atoms with van der Waals surface area (Å²) in [5.41, 5.74) is 5.24. The summed E-state index contributed by atoms with van der Waals surface area (Å²) in [7, 11) is -3.60. The smallest absolute Gasteiger partial charge is 0.240 e. The monoisotopic (exact) mass is 313 g/mol. The number of benzene rings is 1. The summed E-state index contributed by atoms with van der Waals surface area (Å²) < 4.78 is 26.4. The van der Waals surface area contributed by atoms with Gasteiger partial charge in [-0.15, -0.1) is 0 Å². The zero-order valence-electron chi connectivity index (χ0n) is 12.6. The molecular weight excluding hydrogens is 290 g/mol. The van der Waals surface area contributed by atoms with E-state index in [0.29, 0.717) is 12.1 Å². The third-order valence-electron chi connectivity index (χ3n) is 3.34. The Morgan fingerprint density at radius 1 is 1.33 bits per heavy atom. The Hall–Kier alpha value is -1.44. The van der Waals surface area contributed by atoms with Crippen LogP contribution < -0.4 is 15.8 Å². The van der Waals surface area contributed by atoms with E-state index in [0.717, 1.165) is 0 Å². The maximum atomic E-state index is 12.1. The molecule has 0 aliphatic carbocycles. The summed E-state index contributed by atoms with van der Waals surface area (Å²) in [4.78, 5) is 12.2. The van der Waals surface area contributed by atoms with E-state index in [1.807, 2.05) is 20.8 Å². The molecule has 4 N–H and O–H groups in total. The average Bonchev–Trinajstić information content (AvgIpc) is 2.45. The minimum Gasteiger partial charge on any atom is -0.329 e. The molecule has 0 atom stereocenters. The summed E-state index contributed by atoms with van der Waals surface area (Å²) >= 11 is 0. The van der Waals surface area contributed by atoms with E-state index in [1.54, 1.807) is 12.1 Å². The number of amides is 1. The highest BCUT2D eigenvalue weighted by Crippen LogP contribution is 2.23. The molecule has 21 heavy (non-hydrogen) atoms. The predicted molar refractivity (Wildman–Crippen MR) is 83.4 cm³/mol. The van der Waals surface area contributed by atoms with Crippen molar-refractivity contribution < 1.29 is 13.2 Å². The first-order valence-corrected chi connectivity index (χ1v) is 8.32. The normalized spacial score (nSPS) is 12.2. The summed E-state index contributed by atoms with van der Waals surface area (Å²) in [6.45, 7) is 6.00. The molecule has 7 heteroatoms. The van der Waals surface area contributed by atoms with Crippen LogP contribution >= 0.6 is 0 Å². The molecule has 1 aromatic rings. The zero-order valence-corrected chi connectivity index (χ0v) is 13.5. The second kappa shape index (κ2) is 7.02. The number of carbonyl (C=O) groups is 1. The predicted octanol–water partition coefficient (Wildman–Crippen LogP) is 1.30. The van der Waals surface area contributed by atoms with Gasteiger partial charge in [0.15, 0.2) is 0 Å². The Kier molecular flexibility index (Phi) is 5.88. The standard InChI is InChI=1S/C14H23N3O3S/c1-4-14(2,3)13(18)17-11-6-5-7-12(10-11)21(19,20)16-9-8-15/h5-7,10,16H,4,8-9,15H2,1-3H3,(H,17,18). The number of carbonyl (C=O) groups excluding carboxylic acids is 1. The molecule has 1 rings (SSSR count). The highest BCUT2D eigenvalue weighted by molar-refractivity contribution is 7.89. The second-order valence-corrected chi connectivity index (χ2v) is 7.17. The molecule has 1 aromatic carbocycles. The van der Waals surface area contributed by atoms with Gasteiger partial charge in [0, 0.05) is 24.2 Å². The minimum atomic E-state index is -3.60. The van der Waals surface area contributed by atoms with Crippen LogP contribution in [0.3, 0.4) is 0 Å². The number of rotatable bonds is 7. The molecule has 0 heterocycles. The van der Waals surface area contributed by atoms with Gasteiger partial charge in [0.2, 0.25) is 15.9 Å². The lowest BCUT2D eigenvalue weighted by atomic mass is 9.89. The van der Waals surface area contributed by atoms with Crippen LogP contribution in [-0.4, -0.2) is 27.4 Å². The molecule has 0 aliphatic rings. The number of hydrogen-bond acceptors (Lipinski definition) is 4. The van der Waals surface area contributed by atoms with Crippen LogP contribution in [0.15, 0.2) is 29.2 Å². The molecule has 0 radical (unpaired) electrons. The molecule has 6 nitrogen and oxygen atoms in total. The fourth-order valence-corrected chi connectivity index (χ4v) is 2.57. The van der Waals surface area contributed by atoms with Gasteiger partial charge in [-0.2, -0.15) is 0 Å². The van der Waals surface area contributed by atoms with Gasteiger partial charge in [-0.3, -0.25) is 4.79 Å². The quantitative estimate of drug-likeness (QED) is 0.706. The maximum absolute atomic E-state index is 12.1. The molecular formula is C14H23N3O3S. The second-order valence-electron chi connectivity index (χ2n) is 5.41. The van der Waals surface area contributed by atoms with Crippen LogP contribution in [0.25, 0.3) is 0 Å². The van der Waals surface area contributed by atoms with E-state index in [4.69, 9.17) is 5.73 Å². The van der Waals surface area contributed by atoms with Gasteiger partial charge in [0.25, 0.3) is 0 Å². The number of nitrogens with one attached hydrogen (secondary N) is 2. The van der Waals surface area contributed by atoms with Gasteiger partial charge < -0.3 is 11.1 Å².